The molecule has 4 N–H and O–H groups in total. The van der Waals surface area contributed by atoms with Crippen molar-refractivity contribution in [2.24, 2.45) is 11.1 Å². The zero-order valence-corrected chi connectivity index (χ0v) is 20.3. The molecule has 11 nitrogen and oxygen atoms in total. The van der Waals surface area contributed by atoms with Crippen LogP contribution >= 0.6 is 0 Å². The second kappa shape index (κ2) is 10.2. The van der Waals surface area contributed by atoms with Crippen LogP contribution in [0.3, 0.4) is 0 Å². The summed E-state index contributed by atoms with van der Waals surface area (Å²) >= 11 is 0. The number of aromatic amines is 1. The van der Waals surface area contributed by atoms with Crippen LogP contribution in [0.15, 0.2) is 55.2 Å². The molecule has 5 rings (SSSR count). The average Bonchev–Trinajstić information content (AvgIpc) is 3.61. The monoisotopic (exact) mass is 509 g/mol. The lowest BCUT2D eigenvalue weighted by Crippen LogP contribution is -2.22. The van der Waals surface area contributed by atoms with Gasteiger partial charge in [-0.3, -0.25) is 13.7 Å². The molecule has 0 spiro atoms. The molecular formula is C24H27N7O4S. The normalized spacial score (nSPS) is 18.0. The fourth-order valence-corrected chi connectivity index (χ4v) is 5.05. The number of fused-ring (bicyclic) bond motifs is 1. The summed E-state index contributed by atoms with van der Waals surface area (Å²) in [5.41, 5.74) is 2.95. The van der Waals surface area contributed by atoms with Crippen LogP contribution in [-0.4, -0.2) is 51.6 Å². The lowest BCUT2D eigenvalue weighted by Gasteiger charge is -2.15. The average molecular weight is 510 g/mol. The number of aromatic nitrogens is 5. The smallest absolute Gasteiger partial charge is 0.333 e. The number of hydrogen-bond acceptors (Lipinski definition) is 8. The Balaban J connectivity index is 1.22. The summed E-state index contributed by atoms with van der Waals surface area (Å²) in [4.78, 5) is 24.8. The SMILES string of the molecule is NS(=O)(=O)OCC1CCC(Nc2ncncc2C(=O)c2ccn(CCc3c[nH]c4ccccc34)n2)C1. The number of carbonyl (C=O) groups excluding carboxylic acids is 1. The Labute approximate surface area is 208 Å². The zero-order chi connectivity index (χ0) is 25.1. The van der Waals surface area contributed by atoms with Crippen LogP contribution in [0.1, 0.15) is 40.9 Å². The number of carbonyl (C=O) groups is 1. The number of nitrogens with one attached hydrogen (secondary N) is 2. The molecule has 4 aromatic rings. The number of hydrogen-bond donors (Lipinski definition) is 3. The predicted octanol–water partition coefficient (Wildman–Crippen LogP) is 2.43. The van der Waals surface area contributed by atoms with Gasteiger partial charge in [-0.25, -0.2) is 15.1 Å². The first kappa shape index (κ1) is 24.1. The first-order chi connectivity index (χ1) is 17.4. The molecule has 0 aliphatic heterocycles. The van der Waals surface area contributed by atoms with E-state index in [1.807, 2.05) is 24.4 Å². The van der Waals surface area contributed by atoms with Gasteiger partial charge >= 0.3 is 10.3 Å². The summed E-state index contributed by atoms with van der Waals surface area (Å²) in [6.45, 7) is 0.679. The van der Waals surface area contributed by atoms with Crippen LogP contribution in [0.4, 0.5) is 5.82 Å². The molecule has 2 unspecified atom stereocenters. The molecule has 1 aliphatic rings. The summed E-state index contributed by atoms with van der Waals surface area (Å²) in [6, 6.07) is 9.86. The van der Waals surface area contributed by atoms with Crippen LogP contribution in [0.5, 0.6) is 0 Å². The number of anilines is 1. The van der Waals surface area contributed by atoms with Gasteiger partial charge in [0.2, 0.25) is 5.78 Å². The largest absolute Gasteiger partial charge is 0.367 e. The first-order valence-electron chi connectivity index (χ1n) is 11.7. The van der Waals surface area contributed by atoms with Crippen LogP contribution in [0.25, 0.3) is 10.9 Å². The van der Waals surface area contributed by atoms with Gasteiger partial charge in [-0.2, -0.15) is 13.5 Å². The van der Waals surface area contributed by atoms with E-state index in [9.17, 15) is 13.2 Å². The van der Waals surface area contributed by atoms with E-state index in [0.29, 0.717) is 30.0 Å². The lowest BCUT2D eigenvalue weighted by molar-refractivity contribution is 0.103. The van der Waals surface area contributed by atoms with E-state index < -0.39 is 10.3 Å². The minimum Gasteiger partial charge on any atom is -0.367 e. The molecule has 0 bridgehead atoms. The molecule has 0 radical (unpaired) electrons. The second-order valence-corrected chi connectivity index (χ2v) is 10.2. The fraction of sp³-hybridized carbons (Fsp3) is 0.333. The molecule has 3 heterocycles. The van der Waals surface area contributed by atoms with Crippen LogP contribution in [0, 0.1) is 5.92 Å². The fourth-order valence-electron chi connectivity index (χ4n) is 4.67. The van der Waals surface area contributed by atoms with Crippen LogP contribution < -0.4 is 10.5 Å². The van der Waals surface area contributed by atoms with Crippen molar-refractivity contribution >= 4 is 32.8 Å². The Hall–Kier alpha value is -3.61. The van der Waals surface area contributed by atoms with Gasteiger partial charge in [0, 0.05) is 42.1 Å². The van der Waals surface area contributed by atoms with E-state index in [1.165, 1.54) is 23.5 Å². The third kappa shape index (κ3) is 5.61. The van der Waals surface area contributed by atoms with Crippen molar-refractivity contribution in [3.05, 3.63) is 72.1 Å². The Bertz CT molecular complexity index is 1480. The number of H-pyrrole nitrogens is 1. The van der Waals surface area contributed by atoms with Crippen molar-refractivity contribution in [3.63, 3.8) is 0 Å². The highest BCUT2D eigenvalue weighted by Crippen LogP contribution is 2.29. The van der Waals surface area contributed by atoms with Gasteiger partial charge in [-0.15, -0.1) is 0 Å². The van der Waals surface area contributed by atoms with Crippen molar-refractivity contribution in [2.75, 3.05) is 11.9 Å². The number of rotatable bonds is 10. The van der Waals surface area contributed by atoms with Crippen molar-refractivity contribution in [1.82, 2.24) is 24.7 Å². The quantitative estimate of drug-likeness (QED) is 0.275. The van der Waals surface area contributed by atoms with Crippen LogP contribution in [0.2, 0.25) is 0 Å². The second-order valence-electron chi connectivity index (χ2n) is 8.99. The third-order valence-corrected chi connectivity index (χ3v) is 6.93. The zero-order valence-electron chi connectivity index (χ0n) is 19.5. The maximum absolute atomic E-state index is 13.2. The summed E-state index contributed by atoms with van der Waals surface area (Å²) < 4.78 is 28.6. The molecular weight excluding hydrogens is 482 g/mol. The van der Waals surface area contributed by atoms with E-state index in [4.69, 9.17) is 9.32 Å². The molecule has 0 saturated heterocycles. The molecule has 2 atom stereocenters. The predicted molar refractivity (Wildman–Crippen MR) is 134 cm³/mol. The minimum atomic E-state index is -3.96. The van der Waals surface area contributed by atoms with E-state index in [2.05, 4.69) is 31.4 Å². The number of ketones is 1. The summed E-state index contributed by atoms with van der Waals surface area (Å²) in [5.74, 6) is 0.215. The maximum atomic E-state index is 13.2. The number of nitrogens with zero attached hydrogens (tertiary/aromatic N) is 4. The molecule has 36 heavy (non-hydrogen) atoms. The van der Waals surface area contributed by atoms with E-state index in [0.717, 1.165) is 24.8 Å². The molecule has 188 valence electrons. The highest BCUT2D eigenvalue weighted by atomic mass is 32.2. The van der Waals surface area contributed by atoms with Gasteiger partial charge in [0.25, 0.3) is 0 Å². The summed E-state index contributed by atoms with van der Waals surface area (Å²) in [6.07, 6.45) is 9.70. The third-order valence-electron chi connectivity index (χ3n) is 6.47. The first-order valence-corrected chi connectivity index (χ1v) is 13.2. The Morgan fingerprint density at radius 3 is 2.97 bits per heavy atom. The summed E-state index contributed by atoms with van der Waals surface area (Å²) in [7, 11) is -3.96. The van der Waals surface area contributed by atoms with Gasteiger partial charge in [-0.05, 0) is 49.3 Å². The lowest BCUT2D eigenvalue weighted by atomic mass is 10.1. The molecule has 1 saturated carbocycles. The van der Waals surface area contributed by atoms with E-state index in [1.54, 1.807) is 16.9 Å². The number of nitrogens with two attached hydrogens (primary N) is 1. The summed E-state index contributed by atoms with van der Waals surface area (Å²) in [5, 5.41) is 13.9. The maximum Gasteiger partial charge on any atom is 0.333 e. The van der Waals surface area contributed by atoms with Crippen molar-refractivity contribution < 1.29 is 17.4 Å². The van der Waals surface area contributed by atoms with E-state index >= 15 is 0 Å². The highest BCUT2D eigenvalue weighted by molar-refractivity contribution is 7.84. The molecule has 1 aromatic carbocycles. The topological polar surface area (TPSA) is 158 Å². The Morgan fingerprint density at radius 1 is 1.25 bits per heavy atom. The number of para-hydroxylation sites is 1. The van der Waals surface area contributed by atoms with Gasteiger partial charge in [0.15, 0.2) is 0 Å². The van der Waals surface area contributed by atoms with Gasteiger partial charge in [0.1, 0.15) is 17.8 Å². The van der Waals surface area contributed by atoms with Gasteiger partial charge in [-0.1, -0.05) is 18.2 Å². The minimum absolute atomic E-state index is 0.0225. The molecule has 1 aliphatic carbocycles. The standard InChI is InChI=1S/C24H27N7O4S/c25-36(33,34)35-14-16-5-6-18(11-16)29-24-20(13-26-15-28-24)23(32)22-8-10-31(30-22)9-7-17-12-27-21-4-2-1-3-19(17)21/h1-4,8,10,12-13,15-16,18,27H,5-7,9,11,14H2,(H2,25,33,34)(H,26,28,29). The molecule has 3 aromatic heterocycles. The van der Waals surface area contributed by atoms with Crippen LogP contribution in [-0.2, 0) is 27.5 Å². The highest BCUT2D eigenvalue weighted by Gasteiger charge is 2.28. The molecule has 1 fully saturated rings. The number of benzene rings is 1. The molecule has 12 heteroatoms. The van der Waals surface area contributed by atoms with Gasteiger partial charge < -0.3 is 10.3 Å². The van der Waals surface area contributed by atoms with E-state index in [-0.39, 0.29) is 24.3 Å². The number of aryl methyl sites for hydroxylation is 2. The van der Waals surface area contributed by atoms with Crippen molar-refractivity contribution in [1.29, 1.82) is 0 Å². The molecule has 0 amide bonds. The Morgan fingerprint density at radius 2 is 2.11 bits per heavy atom. The Kier molecular flexibility index (Phi) is 6.81. The van der Waals surface area contributed by atoms with Crippen molar-refractivity contribution in [3.8, 4) is 0 Å². The van der Waals surface area contributed by atoms with Gasteiger partial charge in [0.05, 0.1) is 12.2 Å². The van der Waals surface area contributed by atoms with Crippen molar-refractivity contribution in [2.45, 2.75) is 38.3 Å².